The van der Waals surface area contributed by atoms with Crippen molar-refractivity contribution in [3.05, 3.63) is 58.7 Å². The summed E-state index contributed by atoms with van der Waals surface area (Å²) in [5, 5.41) is 25.4. The van der Waals surface area contributed by atoms with Crippen molar-refractivity contribution in [3.8, 4) is 17.5 Å². The van der Waals surface area contributed by atoms with Crippen LogP contribution in [0.4, 0.5) is 0 Å². The molecule has 1 atom stereocenters. The van der Waals surface area contributed by atoms with E-state index in [2.05, 4.69) is 46.2 Å². The summed E-state index contributed by atoms with van der Waals surface area (Å²) in [5.41, 5.74) is 2.30. The van der Waals surface area contributed by atoms with E-state index >= 15 is 0 Å². The highest BCUT2D eigenvalue weighted by Crippen LogP contribution is 2.41. The molecule has 0 bridgehead atoms. The third-order valence-corrected chi connectivity index (χ3v) is 6.52. The predicted molar refractivity (Wildman–Crippen MR) is 110 cm³/mol. The molecule has 7 nitrogen and oxygen atoms in total. The van der Waals surface area contributed by atoms with Gasteiger partial charge in [0.2, 0.25) is 16.7 Å². The Bertz CT molecular complexity index is 1110. The number of piperidine rings is 1. The lowest BCUT2D eigenvalue weighted by molar-refractivity contribution is 0.0689. The number of hydrogen-bond donors (Lipinski definition) is 2. The van der Waals surface area contributed by atoms with Crippen LogP contribution in [0.3, 0.4) is 0 Å². The Morgan fingerprint density at radius 2 is 1.93 bits per heavy atom. The Kier molecular flexibility index (Phi) is 4.61. The van der Waals surface area contributed by atoms with Crippen molar-refractivity contribution in [2.75, 3.05) is 13.1 Å². The summed E-state index contributed by atoms with van der Waals surface area (Å²) in [6.45, 7) is 3.60. The van der Waals surface area contributed by atoms with E-state index in [0.717, 1.165) is 36.4 Å². The molecule has 1 saturated heterocycles. The zero-order valence-electron chi connectivity index (χ0n) is 16.0. The van der Waals surface area contributed by atoms with Crippen LogP contribution >= 0.6 is 11.3 Å². The summed E-state index contributed by atoms with van der Waals surface area (Å²) in [6.07, 6.45) is 2.78. The number of fused-ring (bicyclic) bond motifs is 1. The van der Waals surface area contributed by atoms with Gasteiger partial charge in [-0.3, -0.25) is 4.90 Å². The van der Waals surface area contributed by atoms with Crippen LogP contribution in [0.5, 0.6) is 5.88 Å². The number of aromatic nitrogens is 3. The molecule has 29 heavy (non-hydrogen) atoms. The van der Waals surface area contributed by atoms with E-state index in [1.54, 1.807) is 18.4 Å². The van der Waals surface area contributed by atoms with E-state index in [1.165, 1.54) is 21.4 Å². The molecule has 0 spiro atoms. The summed E-state index contributed by atoms with van der Waals surface area (Å²) >= 11 is 1.44. The van der Waals surface area contributed by atoms with Gasteiger partial charge < -0.3 is 14.6 Å². The summed E-state index contributed by atoms with van der Waals surface area (Å²) in [6, 6.07) is 11.9. The lowest BCUT2D eigenvalue weighted by atomic mass is 9.98. The Balaban J connectivity index is 1.57. The minimum absolute atomic E-state index is 0.104. The average Bonchev–Trinajstić information content (AvgIpc) is 3.44. The Hall–Kier alpha value is -2.68. The molecule has 0 aliphatic carbocycles. The number of aliphatic hydroxyl groups is 1. The van der Waals surface area contributed by atoms with Crippen LogP contribution in [0.25, 0.3) is 16.5 Å². The predicted octanol–water partition coefficient (Wildman–Crippen LogP) is 3.61. The molecule has 1 aliphatic rings. The molecular weight excluding hydrogens is 388 g/mol. The van der Waals surface area contributed by atoms with Gasteiger partial charge in [0, 0.05) is 13.1 Å². The molecule has 5 rings (SSSR count). The Morgan fingerprint density at radius 3 is 2.59 bits per heavy atom. The second-order valence-electron chi connectivity index (χ2n) is 7.48. The summed E-state index contributed by atoms with van der Waals surface area (Å²) in [4.78, 5) is 8.29. The van der Waals surface area contributed by atoms with E-state index in [0.29, 0.717) is 16.5 Å². The number of aliphatic hydroxyl groups excluding tert-OH is 1. The van der Waals surface area contributed by atoms with Crippen LogP contribution in [0, 0.1) is 6.92 Å². The molecule has 1 aromatic carbocycles. The number of rotatable bonds is 4. The van der Waals surface area contributed by atoms with E-state index in [4.69, 9.17) is 4.42 Å². The van der Waals surface area contributed by atoms with Gasteiger partial charge in [0.25, 0.3) is 0 Å². The topological polar surface area (TPSA) is 87.0 Å². The third-order valence-electron chi connectivity index (χ3n) is 5.45. The normalized spacial score (nSPS) is 17.2. The molecule has 1 aliphatic heterocycles. The van der Waals surface area contributed by atoms with Gasteiger partial charge in [0.1, 0.15) is 0 Å². The summed E-state index contributed by atoms with van der Waals surface area (Å²) in [5.74, 6) is 1.13. The minimum atomic E-state index is -0.253. The first-order valence-corrected chi connectivity index (χ1v) is 10.5. The molecular formula is C21H22N4O3S. The maximum atomic E-state index is 11.0. The van der Waals surface area contributed by atoms with Gasteiger partial charge in [-0.05, 0) is 37.5 Å². The first-order valence-electron chi connectivity index (χ1n) is 9.71. The largest absolute Gasteiger partial charge is 0.492 e. The van der Waals surface area contributed by atoms with E-state index in [1.807, 2.05) is 0 Å². The van der Waals surface area contributed by atoms with Gasteiger partial charge in [0.15, 0.2) is 5.76 Å². The van der Waals surface area contributed by atoms with Crippen LogP contribution in [0.1, 0.15) is 34.9 Å². The van der Waals surface area contributed by atoms with Gasteiger partial charge in [0.05, 0.1) is 23.3 Å². The number of benzene rings is 1. The van der Waals surface area contributed by atoms with E-state index in [9.17, 15) is 10.2 Å². The van der Waals surface area contributed by atoms with Crippen LogP contribution < -0.4 is 0 Å². The van der Waals surface area contributed by atoms with Crippen molar-refractivity contribution in [1.29, 1.82) is 0 Å². The molecule has 1 fully saturated rings. The molecule has 0 amide bonds. The first-order chi connectivity index (χ1) is 14.1. The number of likely N-dealkylation sites (tertiary alicyclic amines) is 1. The molecule has 0 saturated carbocycles. The second kappa shape index (κ2) is 7.29. The van der Waals surface area contributed by atoms with Crippen molar-refractivity contribution >= 4 is 16.3 Å². The molecule has 0 radical (unpaired) electrons. The van der Waals surface area contributed by atoms with Crippen molar-refractivity contribution in [3.63, 3.8) is 0 Å². The van der Waals surface area contributed by atoms with Gasteiger partial charge in [-0.25, -0.2) is 0 Å². The highest BCUT2D eigenvalue weighted by Gasteiger charge is 2.32. The highest BCUT2D eigenvalue weighted by atomic mass is 32.1. The smallest absolute Gasteiger partial charge is 0.230 e. The van der Waals surface area contributed by atoms with Crippen LogP contribution in [-0.2, 0) is 0 Å². The number of aromatic hydroxyl groups is 1. The number of thiazole rings is 1. The lowest BCUT2D eigenvalue weighted by Crippen LogP contribution is -2.38. The van der Waals surface area contributed by atoms with Gasteiger partial charge in [-0.15, -0.1) is 5.10 Å². The standard InChI is InChI=1S/C21H22N4O3S/c1-13-4-6-14(7-5-13)17(24-10-8-15(26)9-11-24)18-20(27)25-21(29-18)22-19(23-25)16-3-2-12-28-16/h2-7,12,15,17,26-27H,8-11H2,1H3/t17-/m0/s1. The highest BCUT2D eigenvalue weighted by molar-refractivity contribution is 7.17. The molecule has 3 aromatic heterocycles. The molecule has 4 aromatic rings. The number of aryl methyl sites for hydroxylation is 1. The maximum Gasteiger partial charge on any atom is 0.230 e. The van der Waals surface area contributed by atoms with Crippen molar-refractivity contribution in [1.82, 2.24) is 19.5 Å². The second-order valence-corrected chi connectivity index (χ2v) is 8.49. The Labute approximate surface area is 171 Å². The maximum absolute atomic E-state index is 11.0. The molecule has 2 N–H and O–H groups in total. The van der Waals surface area contributed by atoms with Gasteiger partial charge in [-0.1, -0.05) is 41.2 Å². The molecule has 0 unspecified atom stereocenters. The van der Waals surface area contributed by atoms with Gasteiger partial charge in [-0.2, -0.15) is 9.50 Å². The first kappa shape index (κ1) is 18.4. The molecule has 8 heteroatoms. The quantitative estimate of drug-likeness (QED) is 0.534. The number of furan rings is 1. The zero-order valence-corrected chi connectivity index (χ0v) is 16.8. The fourth-order valence-corrected chi connectivity index (χ4v) is 4.98. The van der Waals surface area contributed by atoms with Crippen LogP contribution in [-0.4, -0.2) is 48.9 Å². The monoisotopic (exact) mass is 410 g/mol. The molecule has 150 valence electrons. The zero-order chi connectivity index (χ0) is 20.0. The van der Waals surface area contributed by atoms with Crippen molar-refractivity contribution in [2.45, 2.75) is 31.9 Å². The van der Waals surface area contributed by atoms with Crippen LogP contribution in [0.2, 0.25) is 0 Å². The third kappa shape index (κ3) is 3.33. The molecule has 4 heterocycles. The van der Waals surface area contributed by atoms with Crippen molar-refractivity contribution < 1.29 is 14.6 Å². The summed E-state index contributed by atoms with van der Waals surface area (Å²) in [7, 11) is 0. The fourth-order valence-electron chi connectivity index (χ4n) is 3.86. The van der Waals surface area contributed by atoms with Crippen LogP contribution in [0.15, 0.2) is 47.1 Å². The Morgan fingerprint density at radius 1 is 1.17 bits per heavy atom. The van der Waals surface area contributed by atoms with Crippen molar-refractivity contribution in [2.24, 2.45) is 0 Å². The number of hydrogen-bond acceptors (Lipinski definition) is 7. The minimum Gasteiger partial charge on any atom is -0.492 e. The average molecular weight is 410 g/mol. The fraction of sp³-hybridized carbons (Fsp3) is 0.333. The number of nitrogens with zero attached hydrogens (tertiary/aromatic N) is 4. The SMILES string of the molecule is Cc1ccc([C@@H](c2sc3nc(-c4ccco4)nn3c2O)N2CCC(O)CC2)cc1. The van der Waals surface area contributed by atoms with Gasteiger partial charge >= 0.3 is 0 Å². The van der Waals surface area contributed by atoms with E-state index < -0.39 is 0 Å². The van der Waals surface area contributed by atoms with E-state index in [-0.39, 0.29) is 18.0 Å². The lowest BCUT2D eigenvalue weighted by Gasteiger charge is -2.36. The summed E-state index contributed by atoms with van der Waals surface area (Å²) < 4.78 is 6.86.